The fraction of sp³-hybridized carbons (Fsp3) is 0.516. The van der Waals surface area contributed by atoms with Crippen molar-refractivity contribution in [3.05, 3.63) is 53.6 Å². The lowest BCUT2D eigenvalue weighted by molar-refractivity contribution is -0.153. The van der Waals surface area contributed by atoms with Gasteiger partial charge in [-0.1, -0.05) is 24.3 Å². The molecule has 0 aromatic heterocycles. The Morgan fingerprint density at radius 1 is 0.977 bits per heavy atom. The number of urea groups is 1. The first-order valence-electron chi connectivity index (χ1n) is 14.8. The number of cyclic esters (lactones) is 1. The van der Waals surface area contributed by atoms with Gasteiger partial charge in [-0.25, -0.2) is 9.59 Å². The molecule has 238 valence electrons. The molecule has 13 heteroatoms. The quantitative estimate of drug-likeness (QED) is 0.441. The fourth-order valence-corrected chi connectivity index (χ4v) is 5.86. The van der Waals surface area contributed by atoms with Crippen molar-refractivity contribution in [2.45, 2.75) is 57.0 Å². The number of amides is 4. The van der Waals surface area contributed by atoms with Gasteiger partial charge in [0.15, 0.2) is 6.61 Å². The van der Waals surface area contributed by atoms with Gasteiger partial charge in [-0.05, 0) is 25.0 Å². The first-order valence-corrected chi connectivity index (χ1v) is 14.8. The number of rotatable bonds is 7. The van der Waals surface area contributed by atoms with E-state index < -0.39 is 18.9 Å². The lowest BCUT2D eigenvalue weighted by Crippen LogP contribution is -2.50. The van der Waals surface area contributed by atoms with Crippen LogP contribution in [0.2, 0.25) is 0 Å². The minimum absolute atomic E-state index is 0.0593. The zero-order valence-electron chi connectivity index (χ0n) is 24.8. The monoisotopic (exact) mass is 618 g/mol. The molecule has 0 atom stereocenters. The Kier molecular flexibility index (Phi) is 9.40. The van der Waals surface area contributed by atoms with Crippen molar-refractivity contribution in [2.75, 3.05) is 51.8 Å². The highest BCUT2D eigenvalue weighted by Crippen LogP contribution is 2.33. The molecule has 0 N–H and O–H groups in total. The number of ether oxygens (including phenoxy) is 3. The van der Waals surface area contributed by atoms with E-state index in [1.54, 1.807) is 40.9 Å². The summed E-state index contributed by atoms with van der Waals surface area (Å²) in [6.45, 7) is 0.528. The number of hydrogen-bond acceptors (Lipinski definition) is 6. The number of carbonyl (C=O) groups is 3. The van der Waals surface area contributed by atoms with Gasteiger partial charge in [0.2, 0.25) is 5.91 Å². The van der Waals surface area contributed by atoms with Crippen LogP contribution < -0.4 is 14.4 Å². The summed E-state index contributed by atoms with van der Waals surface area (Å²) >= 11 is 0. The van der Waals surface area contributed by atoms with Crippen molar-refractivity contribution < 1.29 is 41.8 Å². The van der Waals surface area contributed by atoms with Gasteiger partial charge in [0, 0.05) is 76.4 Å². The number of alkyl halides is 3. The van der Waals surface area contributed by atoms with E-state index in [1.807, 2.05) is 24.3 Å². The Balaban J connectivity index is 1.21. The number of hydrogen-bond donors (Lipinski definition) is 0. The molecule has 0 unspecified atom stereocenters. The van der Waals surface area contributed by atoms with Gasteiger partial charge in [-0.15, -0.1) is 0 Å². The van der Waals surface area contributed by atoms with E-state index >= 15 is 0 Å². The van der Waals surface area contributed by atoms with E-state index in [1.165, 1.54) is 11.0 Å². The van der Waals surface area contributed by atoms with Crippen LogP contribution in [0.5, 0.6) is 11.5 Å². The van der Waals surface area contributed by atoms with E-state index in [2.05, 4.69) is 0 Å². The Morgan fingerprint density at radius 3 is 2.34 bits per heavy atom. The number of fused-ring (bicyclic) bond motifs is 1. The molecule has 3 aliphatic rings. The smallest absolute Gasteiger partial charge is 0.422 e. The third kappa shape index (κ3) is 7.48. The average molecular weight is 619 g/mol. The number of benzene rings is 2. The van der Waals surface area contributed by atoms with E-state index in [0.717, 1.165) is 11.3 Å². The predicted molar refractivity (Wildman–Crippen MR) is 155 cm³/mol. The molecule has 2 aromatic rings. The second-order valence-electron chi connectivity index (χ2n) is 11.5. The molecule has 0 bridgehead atoms. The van der Waals surface area contributed by atoms with Crippen molar-refractivity contribution >= 4 is 23.7 Å². The van der Waals surface area contributed by atoms with E-state index in [0.29, 0.717) is 63.2 Å². The second-order valence-corrected chi connectivity index (χ2v) is 11.5. The van der Waals surface area contributed by atoms with Crippen molar-refractivity contribution in [1.82, 2.24) is 14.7 Å². The van der Waals surface area contributed by atoms with Gasteiger partial charge >= 0.3 is 18.3 Å². The Morgan fingerprint density at radius 2 is 1.66 bits per heavy atom. The highest BCUT2D eigenvalue weighted by atomic mass is 19.4. The first kappa shape index (κ1) is 31.3. The van der Waals surface area contributed by atoms with Crippen LogP contribution in [0, 0.1) is 0 Å². The Bertz CT molecular complexity index is 1350. The van der Waals surface area contributed by atoms with Gasteiger partial charge in [0.05, 0.1) is 12.1 Å². The van der Waals surface area contributed by atoms with Crippen molar-refractivity contribution in [3.63, 3.8) is 0 Å². The maximum atomic E-state index is 13.3. The molecule has 10 nitrogen and oxygen atoms in total. The Hall–Kier alpha value is -4.16. The Labute approximate surface area is 254 Å². The summed E-state index contributed by atoms with van der Waals surface area (Å²) in [7, 11) is 3.38. The minimum Gasteiger partial charge on any atom is -0.490 e. The van der Waals surface area contributed by atoms with Crippen molar-refractivity contribution in [2.24, 2.45) is 0 Å². The molecule has 44 heavy (non-hydrogen) atoms. The van der Waals surface area contributed by atoms with E-state index in [9.17, 15) is 27.6 Å². The van der Waals surface area contributed by atoms with Crippen LogP contribution in [-0.4, -0.2) is 97.9 Å². The summed E-state index contributed by atoms with van der Waals surface area (Å²) in [5.41, 5.74) is 2.07. The number of anilines is 1. The number of nitrogens with zero attached hydrogens (tertiary/aromatic N) is 4. The second kappa shape index (κ2) is 13.2. The summed E-state index contributed by atoms with van der Waals surface area (Å²) in [6.07, 6.45) is -3.08. The van der Waals surface area contributed by atoms with Gasteiger partial charge in [0.25, 0.3) is 0 Å². The summed E-state index contributed by atoms with van der Waals surface area (Å²) in [5, 5.41) is 0. The maximum Gasteiger partial charge on any atom is 0.422 e. The number of halogens is 3. The molecule has 2 aromatic carbocycles. The predicted octanol–water partition coefficient (Wildman–Crippen LogP) is 4.84. The molecule has 2 saturated heterocycles. The first-order chi connectivity index (χ1) is 21.0. The van der Waals surface area contributed by atoms with Crippen LogP contribution in [0.15, 0.2) is 42.5 Å². The van der Waals surface area contributed by atoms with Crippen molar-refractivity contribution in [1.29, 1.82) is 0 Å². The number of carbonyl (C=O) groups excluding carboxylic acids is 3. The summed E-state index contributed by atoms with van der Waals surface area (Å²) < 4.78 is 55.7. The number of likely N-dealkylation sites (tertiary alicyclic amines) is 2. The van der Waals surface area contributed by atoms with Crippen LogP contribution in [0.4, 0.5) is 28.4 Å². The lowest BCUT2D eigenvalue weighted by Gasteiger charge is -2.40. The van der Waals surface area contributed by atoms with Crippen LogP contribution in [0.3, 0.4) is 0 Å². The molecular weight excluding hydrogens is 581 g/mol. The molecule has 3 aliphatic heterocycles. The average Bonchev–Trinajstić information content (AvgIpc) is 3.00. The summed E-state index contributed by atoms with van der Waals surface area (Å²) in [4.78, 5) is 44.6. The molecular formula is C31H37F3N4O6. The van der Waals surface area contributed by atoms with E-state index in [-0.39, 0.29) is 42.9 Å². The van der Waals surface area contributed by atoms with Crippen molar-refractivity contribution in [3.8, 4) is 11.5 Å². The molecule has 4 amide bonds. The molecule has 2 fully saturated rings. The normalized spacial score (nSPS) is 18.0. The SMILES string of the molecule is CN(C)C(=O)N1CCC(Oc2ccc(CC(=O)N3CCC(N4C(=O)OCc5ccccc54)CC3)c(OCC(F)(F)F)c2)CC1. The summed E-state index contributed by atoms with van der Waals surface area (Å²) in [6, 6.07) is 11.9. The molecule has 5 rings (SSSR count). The fourth-order valence-electron chi connectivity index (χ4n) is 5.86. The number of piperidine rings is 2. The van der Waals surface area contributed by atoms with Crippen LogP contribution in [-0.2, 0) is 22.6 Å². The minimum atomic E-state index is -4.56. The lowest BCUT2D eigenvalue weighted by atomic mass is 10.00. The van der Waals surface area contributed by atoms with E-state index in [4.69, 9.17) is 14.2 Å². The van der Waals surface area contributed by atoms with Gasteiger partial charge < -0.3 is 28.9 Å². The van der Waals surface area contributed by atoms with Crippen LogP contribution in [0.1, 0.15) is 36.8 Å². The highest BCUT2D eigenvalue weighted by molar-refractivity contribution is 5.91. The van der Waals surface area contributed by atoms with Crippen LogP contribution >= 0.6 is 0 Å². The van der Waals surface area contributed by atoms with Gasteiger partial charge in [-0.3, -0.25) is 9.69 Å². The zero-order valence-corrected chi connectivity index (χ0v) is 24.8. The third-order valence-electron chi connectivity index (χ3n) is 8.15. The topological polar surface area (TPSA) is 91.9 Å². The largest absolute Gasteiger partial charge is 0.490 e. The van der Waals surface area contributed by atoms with Crippen LogP contribution in [0.25, 0.3) is 0 Å². The molecule has 0 saturated carbocycles. The standard InChI is InChI=1S/C31H37F3N4O6/c1-35(2)29(40)37-15-11-24(12-16-37)44-25-8-7-21(27(18-25)43-20-31(32,33)34)17-28(39)36-13-9-23(10-14-36)38-26-6-4-3-5-22(26)19-42-30(38)41/h3-8,18,23-24H,9-17,19-20H2,1-2H3. The molecule has 0 radical (unpaired) electrons. The number of para-hydroxylation sites is 1. The molecule has 0 spiro atoms. The summed E-state index contributed by atoms with van der Waals surface area (Å²) in [5.74, 6) is 0.0368. The highest BCUT2D eigenvalue weighted by Gasteiger charge is 2.35. The third-order valence-corrected chi connectivity index (χ3v) is 8.15. The van der Waals surface area contributed by atoms with Gasteiger partial charge in [0.1, 0.15) is 24.2 Å². The van der Waals surface area contributed by atoms with Gasteiger partial charge in [-0.2, -0.15) is 13.2 Å². The molecule has 0 aliphatic carbocycles. The zero-order chi connectivity index (χ0) is 31.4. The maximum absolute atomic E-state index is 13.3. The molecule has 3 heterocycles.